The van der Waals surface area contributed by atoms with E-state index in [1.54, 1.807) is 19.0 Å². The van der Waals surface area contributed by atoms with Gasteiger partial charge >= 0.3 is 6.09 Å². The second-order valence-corrected chi connectivity index (χ2v) is 5.57. The zero-order chi connectivity index (χ0) is 16.3. The fraction of sp³-hybridized carbons (Fsp3) is 0.533. The van der Waals surface area contributed by atoms with Crippen LogP contribution >= 0.6 is 0 Å². The lowest BCUT2D eigenvalue weighted by molar-refractivity contribution is 0.0980. The maximum atomic E-state index is 13.9. The van der Waals surface area contributed by atoms with Crippen molar-refractivity contribution in [2.45, 2.75) is 18.6 Å². The average molecular weight is 314 g/mol. The molecule has 0 aliphatic carbocycles. The molecule has 5 nitrogen and oxygen atoms in total. The fourth-order valence-corrected chi connectivity index (χ4v) is 2.60. The number of aliphatic hydroxyl groups excluding tert-OH is 1. The Balaban J connectivity index is 2.03. The molecule has 1 aliphatic heterocycles. The van der Waals surface area contributed by atoms with Gasteiger partial charge in [-0.2, -0.15) is 0 Å². The Labute approximate surface area is 128 Å². The van der Waals surface area contributed by atoms with Crippen LogP contribution in [0.4, 0.5) is 13.6 Å². The highest BCUT2D eigenvalue weighted by Gasteiger charge is 2.33. The molecule has 2 atom stereocenters. The van der Waals surface area contributed by atoms with Crippen molar-refractivity contribution in [3.63, 3.8) is 0 Å². The maximum Gasteiger partial charge on any atom is 0.409 e. The summed E-state index contributed by atoms with van der Waals surface area (Å²) in [6.07, 6.45) is -0.757. The molecule has 1 saturated heterocycles. The number of aliphatic hydroxyl groups is 1. The topological polar surface area (TPSA) is 53.0 Å². The number of likely N-dealkylation sites (tertiary alicyclic amines) is 1. The lowest BCUT2D eigenvalue weighted by atomic mass is 10.0. The predicted octanol–water partition coefficient (Wildman–Crippen LogP) is 1.77. The van der Waals surface area contributed by atoms with Crippen LogP contribution < -0.4 is 0 Å². The number of hydrogen-bond donors (Lipinski definition) is 1. The quantitative estimate of drug-likeness (QED) is 0.920. The Morgan fingerprint density at radius 3 is 2.86 bits per heavy atom. The largest absolute Gasteiger partial charge is 0.448 e. The summed E-state index contributed by atoms with van der Waals surface area (Å²) in [6, 6.07) is 2.87. The molecule has 1 fully saturated rings. The first-order valence-corrected chi connectivity index (χ1v) is 7.09. The highest BCUT2D eigenvalue weighted by Crippen LogP contribution is 2.33. The van der Waals surface area contributed by atoms with Crippen LogP contribution in [0.2, 0.25) is 0 Å². The van der Waals surface area contributed by atoms with E-state index in [9.17, 15) is 18.7 Å². The van der Waals surface area contributed by atoms with Gasteiger partial charge < -0.3 is 14.7 Å². The van der Waals surface area contributed by atoms with Crippen molar-refractivity contribution >= 4 is 6.09 Å². The van der Waals surface area contributed by atoms with Crippen LogP contribution in [0.15, 0.2) is 18.2 Å². The molecule has 1 aromatic rings. The first kappa shape index (κ1) is 16.6. The minimum atomic E-state index is -0.614. The Kier molecular flexibility index (Phi) is 5.31. The first-order valence-electron chi connectivity index (χ1n) is 7.09. The van der Waals surface area contributed by atoms with Gasteiger partial charge in [-0.3, -0.25) is 4.90 Å². The minimum Gasteiger partial charge on any atom is -0.448 e. The lowest BCUT2D eigenvalue weighted by Crippen LogP contribution is -2.31. The highest BCUT2D eigenvalue weighted by molar-refractivity contribution is 5.66. The smallest absolute Gasteiger partial charge is 0.409 e. The van der Waals surface area contributed by atoms with Crippen molar-refractivity contribution in [2.24, 2.45) is 0 Å². The number of halogens is 2. The van der Waals surface area contributed by atoms with E-state index in [0.717, 1.165) is 18.2 Å². The highest BCUT2D eigenvalue weighted by atomic mass is 19.1. The van der Waals surface area contributed by atoms with E-state index in [-0.39, 0.29) is 12.2 Å². The van der Waals surface area contributed by atoms with E-state index >= 15 is 0 Å². The Morgan fingerprint density at radius 2 is 2.18 bits per heavy atom. The molecule has 0 spiro atoms. The average Bonchev–Trinajstić information content (AvgIpc) is 2.82. The van der Waals surface area contributed by atoms with Crippen molar-refractivity contribution in [1.82, 2.24) is 9.80 Å². The van der Waals surface area contributed by atoms with Crippen LogP contribution in [0.5, 0.6) is 0 Å². The SMILES string of the molecule is CN(C)C(=O)OCCN1C[C@H](O)C[C@H]1c1cc(F)ccc1F. The number of amides is 1. The number of benzene rings is 1. The van der Waals surface area contributed by atoms with Crippen LogP contribution in [0.3, 0.4) is 0 Å². The van der Waals surface area contributed by atoms with Gasteiger partial charge in [0.1, 0.15) is 18.2 Å². The zero-order valence-corrected chi connectivity index (χ0v) is 12.6. The molecule has 1 aliphatic rings. The summed E-state index contributed by atoms with van der Waals surface area (Å²) < 4.78 is 32.3. The molecule has 1 amide bonds. The van der Waals surface area contributed by atoms with E-state index in [4.69, 9.17) is 4.74 Å². The van der Waals surface area contributed by atoms with Crippen molar-refractivity contribution in [1.29, 1.82) is 0 Å². The van der Waals surface area contributed by atoms with Crippen LogP contribution in [0, 0.1) is 11.6 Å². The van der Waals surface area contributed by atoms with Crippen molar-refractivity contribution in [3.05, 3.63) is 35.4 Å². The van der Waals surface area contributed by atoms with Gasteiger partial charge in [-0.1, -0.05) is 0 Å². The standard InChI is InChI=1S/C15H20F2N2O3/c1-18(2)15(21)22-6-5-19-9-11(20)8-14(19)12-7-10(16)3-4-13(12)17/h3-4,7,11,14,20H,5-6,8-9H2,1-2H3/t11-,14+/m1/s1. The number of carbonyl (C=O) groups excluding carboxylic acids is 1. The van der Waals surface area contributed by atoms with Gasteiger partial charge in [0.2, 0.25) is 0 Å². The molecule has 0 aromatic heterocycles. The fourth-order valence-electron chi connectivity index (χ4n) is 2.60. The summed E-state index contributed by atoms with van der Waals surface area (Å²) in [4.78, 5) is 14.5. The summed E-state index contributed by atoms with van der Waals surface area (Å²) in [5.41, 5.74) is 0.218. The normalized spacial score (nSPS) is 21.9. The summed E-state index contributed by atoms with van der Waals surface area (Å²) in [5.74, 6) is -1.02. The number of ether oxygens (including phenoxy) is 1. The summed E-state index contributed by atoms with van der Waals surface area (Å²) in [7, 11) is 3.15. The third kappa shape index (κ3) is 3.92. The Bertz CT molecular complexity index is 540. The Hall–Kier alpha value is -1.73. The predicted molar refractivity (Wildman–Crippen MR) is 76.3 cm³/mol. The summed E-state index contributed by atoms with van der Waals surface area (Å²) in [5, 5.41) is 9.81. The van der Waals surface area contributed by atoms with Crippen LogP contribution in [-0.2, 0) is 4.74 Å². The molecule has 7 heteroatoms. The van der Waals surface area contributed by atoms with Crippen molar-refractivity contribution < 1.29 is 23.4 Å². The van der Waals surface area contributed by atoms with E-state index < -0.39 is 29.9 Å². The van der Waals surface area contributed by atoms with Gasteiger partial charge in [0.05, 0.1) is 6.10 Å². The van der Waals surface area contributed by atoms with Gasteiger partial charge in [0.15, 0.2) is 0 Å². The third-order valence-electron chi connectivity index (χ3n) is 3.67. The second-order valence-electron chi connectivity index (χ2n) is 5.57. The molecule has 1 aromatic carbocycles. The van der Waals surface area contributed by atoms with Gasteiger partial charge in [-0.15, -0.1) is 0 Å². The molecule has 1 N–H and O–H groups in total. The van der Waals surface area contributed by atoms with Gasteiger partial charge in [0.25, 0.3) is 0 Å². The molecular weight excluding hydrogens is 294 g/mol. The van der Waals surface area contributed by atoms with E-state index in [1.165, 1.54) is 4.90 Å². The lowest BCUT2D eigenvalue weighted by Gasteiger charge is -2.24. The van der Waals surface area contributed by atoms with Crippen LogP contribution in [0.1, 0.15) is 18.0 Å². The third-order valence-corrected chi connectivity index (χ3v) is 3.67. The van der Waals surface area contributed by atoms with E-state index in [1.807, 2.05) is 0 Å². The first-order chi connectivity index (χ1) is 10.4. The van der Waals surface area contributed by atoms with Gasteiger partial charge in [0, 0.05) is 38.8 Å². The molecule has 0 radical (unpaired) electrons. The molecule has 0 saturated carbocycles. The maximum absolute atomic E-state index is 13.9. The summed E-state index contributed by atoms with van der Waals surface area (Å²) >= 11 is 0. The van der Waals surface area contributed by atoms with Crippen LogP contribution in [-0.4, -0.2) is 60.9 Å². The molecular formula is C15H20F2N2O3. The minimum absolute atomic E-state index is 0.122. The van der Waals surface area contributed by atoms with E-state index in [0.29, 0.717) is 19.5 Å². The van der Waals surface area contributed by atoms with Crippen LogP contribution in [0.25, 0.3) is 0 Å². The number of nitrogens with zero attached hydrogens (tertiary/aromatic N) is 2. The second kappa shape index (κ2) is 7.02. The van der Waals surface area contributed by atoms with Gasteiger partial charge in [-0.25, -0.2) is 13.6 Å². The van der Waals surface area contributed by atoms with Gasteiger partial charge in [-0.05, 0) is 24.6 Å². The Morgan fingerprint density at radius 1 is 1.45 bits per heavy atom. The number of carbonyl (C=O) groups is 1. The number of β-amino-alcohol motifs (C(OH)–C–C–N with tert-alkyl or cyclic N) is 1. The molecule has 1 heterocycles. The zero-order valence-electron chi connectivity index (χ0n) is 12.6. The molecule has 122 valence electrons. The number of hydrogen-bond acceptors (Lipinski definition) is 4. The molecule has 22 heavy (non-hydrogen) atoms. The van der Waals surface area contributed by atoms with E-state index in [2.05, 4.69) is 0 Å². The summed E-state index contributed by atoms with van der Waals surface area (Å²) in [6.45, 7) is 0.800. The molecule has 0 bridgehead atoms. The van der Waals surface area contributed by atoms with Crippen molar-refractivity contribution in [3.8, 4) is 0 Å². The molecule has 2 rings (SSSR count). The number of rotatable bonds is 4. The van der Waals surface area contributed by atoms with Crippen molar-refractivity contribution in [2.75, 3.05) is 33.8 Å². The molecule has 0 unspecified atom stereocenters. The monoisotopic (exact) mass is 314 g/mol.